The molecule has 0 fully saturated rings. The van der Waals surface area contributed by atoms with Crippen LogP contribution in [-0.2, 0) is 20.7 Å². The van der Waals surface area contributed by atoms with Gasteiger partial charge in [0.15, 0.2) is 5.78 Å². The zero-order valence-electron chi connectivity index (χ0n) is 24.3. The lowest BCUT2D eigenvalue weighted by molar-refractivity contribution is -0.196. The van der Waals surface area contributed by atoms with Crippen molar-refractivity contribution < 1.29 is 51.7 Å². The molecule has 0 atom stereocenters. The maximum atomic E-state index is 12.7. The molecule has 1 aromatic rings. The van der Waals surface area contributed by atoms with Crippen molar-refractivity contribution in [2.45, 2.75) is 51.6 Å². The SMILES string of the molecule is C=C1C=C(N(CC)CC)C(=O)NN1C(N)=NC.CCC(=O)c1cc(CC)cc(S(F)(F)(F)(F)F)c1.COC(=O)C(F)(F)F. The lowest BCUT2D eigenvalue weighted by Gasteiger charge is -2.40. The molecular weight excluding hydrogens is 618 g/mol. The predicted molar refractivity (Wildman–Crippen MR) is 148 cm³/mol. The number of aryl methyl sites for hydroxylation is 1. The summed E-state index contributed by atoms with van der Waals surface area (Å²) in [6.45, 7) is 12.4. The number of esters is 1. The second-order valence-electron chi connectivity index (χ2n) is 8.51. The Kier molecular flexibility index (Phi) is 12.8. The number of nitrogens with one attached hydrogen (secondary N) is 1. The van der Waals surface area contributed by atoms with E-state index in [0.717, 1.165) is 13.1 Å². The quantitative estimate of drug-likeness (QED) is 0.118. The van der Waals surface area contributed by atoms with E-state index in [1.807, 2.05) is 18.7 Å². The number of nitrogens with zero attached hydrogens (tertiary/aromatic N) is 3. The Hall–Kier alpha value is -3.83. The van der Waals surface area contributed by atoms with Gasteiger partial charge in [0.1, 0.15) is 10.6 Å². The number of nitrogens with two attached hydrogens (primary N) is 1. The summed E-state index contributed by atoms with van der Waals surface area (Å²) >= 11 is 0. The Balaban J connectivity index is 0.000000661. The second-order valence-corrected chi connectivity index (χ2v) is 10.9. The van der Waals surface area contributed by atoms with Gasteiger partial charge in [-0.25, -0.2) is 9.80 Å². The molecule has 18 heteroatoms. The van der Waals surface area contributed by atoms with E-state index in [1.165, 1.54) is 24.9 Å². The number of benzene rings is 1. The molecule has 0 saturated carbocycles. The number of ketones is 1. The zero-order chi connectivity index (χ0) is 34.0. The molecule has 0 radical (unpaired) electrons. The fourth-order valence-corrected chi connectivity index (χ4v) is 3.91. The number of rotatable bonds is 7. The molecule has 246 valence electrons. The van der Waals surface area contributed by atoms with E-state index in [0.29, 0.717) is 24.6 Å². The first-order chi connectivity index (χ1) is 19.4. The average Bonchev–Trinajstić information content (AvgIpc) is 2.92. The number of alkyl halides is 3. The number of hydrogen-bond donors (Lipinski definition) is 2. The molecule has 2 rings (SSSR count). The normalized spacial score (nSPS) is 15.3. The highest BCUT2D eigenvalue weighted by Crippen LogP contribution is 3.02. The van der Waals surface area contributed by atoms with Crippen LogP contribution in [0.25, 0.3) is 0 Å². The molecule has 1 heterocycles. The molecule has 1 amide bonds. The number of allylic oxidation sites excluding steroid dienone is 1. The summed E-state index contributed by atoms with van der Waals surface area (Å²) < 4.78 is 99.8. The number of carbonyl (C=O) groups excluding carboxylic acids is 3. The summed E-state index contributed by atoms with van der Waals surface area (Å²) in [7, 11) is -7.50. The minimum atomic E-state index is -9.73. The average molecular weight is 654 g/mol. The van der Waals surface area contributed by atoms with Crippen LogP contribution in [0.2, 0.25) is 0 Å². The summed E-state index contributed by atoms with van der Waals surface area (Å²) in [6.07, 6.45) is -3.03. The van der Waals surface area contributed by atoms with Gasteiger partial charge in [-0.15, -0.1) is 0 Å². The van der Waals surface area contributed by atoms with Gasteiger partial charge in [0.2, 0.25) is 5.96 Å². The minimum Gasteiger partial charge on any atom is -0.462 e. The number of aliphatic imine (C=N–C) groups is 1. The van der Waals surface area contributed by atoms with Crippen LogP contribution in [0.3, 0.4) is 0 Å². The maximum Gasteiger partial charge on any atom is 0.490 e. The molecule has 0 aromatic heterocycles. The summed E-state index contributed by atoms with van der Waals surface area (Å²) in [5.74, 6) is -2.75. The Morgan fingerprint density at radius 3 is 1.95 bits per heavy atom. The number of hydrogen-bond acceptors (Lipinski definition) is 6. The number of halogens is 8. The third-order valence-electron chi connectivity index (χ3n) is 5.48. The first kappa shape index (κ1) is 39.2. The molecule has 0 saturated heterocycles. The van der Waals surface area contributed by atoms with Gasteiger partial charge in [0.05, 0.1) is 12.8 Å². The lowest BCUT2D eigenvalue weighted by Crippen LogP contribution is -2.53. The van der Waals surface area contributed by atoms with Crippen LogP contribution in [-0.4, -0.2) is 67.0 Å². The van der Waals surface area contributed by atoms with Crippen LogP contribution in [0.1, 0.15) is 50.0 Å². The van der Waals surface area contributed by atoms with Crippen molar-refractivity contribution in [3.8, 4) is 0 Å². The largest absolute Gasteiger partial charge is 0.490 e. The van der Waals surface area contributed by atoms with Gasteiger partial charge >= 0.3 is 22.4 Å². The van der Waals surface area contributed by atoms with Crippen LogP contribution in [0, 0.1) is 0 Å². The third-order valence-corrected chi connectivity index (χ3v) is 6.61. The monoisotopic (exact) mass is 653 g/mol. The van der Waals surface area contributed by atoms with Gasteiger partial charge < -0.3 is 15.4 Å². The van der Waals surface area contributed by atoms with Crippen molar-refractivity contribution in [3.05, 3.63) is 53.4 Å². The number of Topliss-reactive ketones (excluding diaryl/α,β-unsaturated/α-hetero) is 1. The van der Waals surface area contributed by atoms with Crippen molar-refractivity contribution >= 4 is 33.8 Å². The van der Waals surface area contributed by atoms with Gasteiger partial charge in [-0.3, -0.25) is 20.0 Å². The van der Waals surface area contributed by atoms with Gasteiger partial charge in [0.25, 0.3) is 5.91 Å². The van der Waals surface area contributed by atoms with Crippen LogP contribution >= 0.6 is 10.2 Å². The van der Waals surface area contributed by atoms with Gasteiger partial charge in [-0.05, 0) is 50.1 Å². The molecule has 0 bridgehead atoms. The Bertz CT molecular complexity index is 1260. The van der Waals surface area contributed by atoms with Crippen molar-refractivity contribution in [1.82, 2.24) is 15.3 Å². The molecule has 9 nitrogen and oxygen atoms in total. The fraction of sp³-hybridized carbons (Fsp3) is 0.440. The number of likely N-dealkylation sites (N-methyl/N-ethyl adjacent to an activating group) is 1. The topological polar surface area (TPSA) is 117 Å². The highest BCUT2D eigenvalue weighted by atomic mass is 32.5. The Morgan fingerprint density at radius 2 is 1.60 bits per heavy atom. The minimum absolute atomic E-state index is 0.0348. The smallest absolute Gasteiger partial charge is 0.462 e. The molecule has 43 heavy (non-hydrogen) atoms. The number of ether oxygens (including phenoxy) is 1. The number of hydrazine groups is 1. The van der Waals surface area contributed by atoms with E-state index in [2.05, 4.69) is 21.7 Å². The molecule has 3 N–H and O–H groups in total. The van der Waals surface area contributed by atoms with E-state index in [9.17, 15) is 47.0 Å². The highest BCUT2D eigenvalue weighted by Gasteiger charge is 2.65. The van der Waals surface area contributed by atoms with Crippen molar-refractivity contribution in [3.63, 3.8) is 0 Å². The van der Waals surface area contributed by atoms with Crippen molar-refractivity contribution in [1.29, 1.82) is 0 Å². The van der Waals surface area contributed by atoms with E-state index < -0.39 is 33.0 Å². The Labute approximate surface area is 244 Å². The van der Waals surface area contributed by atoms with E-state index in [4.69, 9.17) is 5.73 Å². The van der Waals surface area contributed by atoms with E-state index in [-0.39, 0.29) is 41.9 Å². The van der Waals surface area contributed by atoms with Crippen LogP contribution in [0.15, 0.2) is 52.1 Å². The zero-order valence-corrected chi connectivity index (χ0v) is 25.1. The molecule has 0 spiro atoms. The molecule has 1 aromatic carbocycles. The van der Waals surface area contributed by atoms with Gasteiger partial charge in [0, 0.05) is 32.1 Å². The van der Waals surface area contributed by atoms with Gasteiger partial charge in [-0.1, -0.05) is 39.9 Å². The number of amides is 1. The van der Waals surface area contributed by atoms with E-state index >= 15 is 0 Å². The highest BCUT2D eigenvalue weighted by molar-refractivity contribution is 8.45. The van der Waals surface area contributed by atoms with Crippen LogP contribution < -0.4 is 11.2 Å². The fourth-order valence-electron chi connectivity index (χ4n) is 3.19. The summed E-state index contributed by atoms with van der Waals surface area (Å²) in [6, 6.07) is 1.87. The number of methoxy groups -OCH3 is 1. The first-order valence-corrected chi connectivity index (χ1v) is 14.4. The summed E-state index contributed by atoms with van der Waals surface area (Å²) in [4.78, 5) is 36.5. The number of guanidine groups is 1. The van der Waals surface area contributed by atoms with Crippen LogP contribution in [0.4, 0.5) is 32.6 Å². The summed E-state index contributed by atoms with van der Waals surface area (Å²) in [5, 5.41) is 1.37. The van der Waals surface area contributed by atoms with Gasteiger partial charge in [-0.2, -0.15) is 13.2 Å². The first-order valence-electron chi connectivity index (χ1n) is 12.5. The molecule has 0 unspecified atom stereocenters. The molecule has 1 aliphatic heterocycles. The lowest BCUT2D eigenvalue weighted by atomic mass is 10.0. The summed E-state index contributed by atoms with van der Waals surface area (Å²) in [5.41, 5.74) is 9.23. The van der Waals surface area contributed by atoms with E-state index in [1.54, 1.807) is 13.1 Å². The van der Waals surface area contributed by atoms with Crippen LogP contribution in [0.5, 0.6) is 0 Å². The Morgan fingerprint density at radius 1 is 1.07 bits per heavy atom. The second kappa shape index (κ2) is 14.1. The molecule has 0 aliphatic carbocycles. The van der Waals surface area contributed by atoms with Crippen molar-refractivity contribution in [2.24, 2.45) is 10.7 Å². The standard InChI is InChI=1S/C11H13F5OS.C11H19N5O.C3H3F3O2/c1-3-8-5-9(11(17)4-2)7-10(6-8)18(12,13,14,15)16;1-5-15(6-2)9-7-8(3)16(11(12)13-4)14-10(9)17;1-8-2(7)3(4,5)6/h5-7H,3-4H2,1-2H3;7H,3,5-6H2,1-2,4H3,(H2,12,13)(H,14,17);1H3. The molecular formula is C25H35F8N5O4S. The molecule has 1 aliphatic rings. The van der Waals surface area contributed by atoms with Crippen molar-refractivity contribution in [2.75, 3.05) is 27.2 Å². The number of carbonyl (C=O) groups is 3. The predicted octanol–water partition coefficient (Wildman–Crippen LogP) is 6.24. The third kappa shape index (κ3) is 12.1. The maximum absolute atomic E-state index is 12.7.